The zero-order chi connectivity index (χ0) is 13.8. The quantitative estimate of drug-likeness (QED) is 0.819. The van der Waals surface area contributed by atoms with Crippen molar-refractivity contribution in [2.45, 2.75) is 13.1 Å². The van der Waals surface area contributed by atoms with Crippen LogP contribution in [0.15, 0.2) is 18.2 Å². The molecular weight excluding hydrogens is 252 g/mol. The highest BCUT2D eigenvalue weighted by Gasteiger charge is 2.26. The second-order valence-electron chi connectivity index (χ2n) is 3.73. The van der Waals surface area contributed by atoms with Crippen molar-refractivity contribution in [2.75, 3.05) is 18.4 Å². The number of anilines is 1. The number of carbonyl (C=O) groups is 1. The van der Waals surface area contributed by atoms with Gasteiger partial charge in [-0.1, -0.05) is 6.07 Å². The summed E-state index contributed by atoms with van der Waals surface area (Å²) >= 11 is 0. The van der Waals surface area contributed by atoms with E-state index in [9.17, 15) is 22.4 Å². The van der Waals surface area contributed by atoms with Crippen molar-refractivity contribution >= 4 is 11.6 Å². The Morgan fingerprint density at radius 3 is 2.61 bits per heavy atom. The first-order valence-electron chi connectivity index (χ1n) is 5.11. The SMILES string of the molecule is Cc1ccc(F)cc1NC(=O)CNCC(F)(F)F. The van der Waals surface area contributed by atoms with E-state index in [4.69, 9.17) is 0 Å². The minimum Gasteiger partial charge on any atom is -0.325 e. The third-order valence-corrected chi connectivity index (χ3v) is 2.08. The Balaban J connectivity index is 2.47. The molecule has 0 spiro atoms. The number of rotatable bonds is 4. The molecule has 1 amide bonds. The lowest BCUT2D eigenvalue weighted by Gasteiger charge is -2.10. The van der Waals surface area contributed by atoms with E-state index in [2.05, 4.69) is 5.32 Å². The predicted octanol–water partition coefficient (Wildman–Crippen LogP) is 2.22. The standard InChI is InChI=1S/C11H12F4N2O/c1-7-2-3-8(12)4-9(7)17-10(18)5-16-6-11(13,14)15/h2-4,16H,5-6H2,1H3,(H,17,18). The highest BCUT2D eigenvalue weighted by atomic mass is 19.4. The number of halogens is 4. The van der Waals surface area contributed by atoms with E-state index in [-0.39, 0.29) is 5.69 Å². The van der Waals surface area contributed by atoms with Crippen LogP contribution in [0.5, 0.6) is 0 Å². The van der Waals surface area contributed by atoms with Crippen LogP contribution < -0.4 is 10.6 Å². The second kappa shape index (κ2) is 5.81. The molecule has 1 aromatic carbocycles. The molecule has 0 aromatic heterocycles. The normalized spacial score (nSPS) is 11.4. The van der Waals surface area contributed by atoms with Crippen LogP contribution in [0.4, 0.5) is 23.2 Å². The lowest BCUT2D eigenvalue weighted by atomic mass is 10.2. The van der Waals surface area contributed by atoms with Crippen LogP contribution in [-0.2, 0) is 4.79 Å². The topological polar surface area (TPSA) is 41.1 Å². The summed E-state index contributed by atoms with van der Waals surface area (Å²) in [6.45, 7) is -0.0871. The molecule has 0 saturated heterocycles. The van der Waals surface area contributed by atoms with Crippen molar-refractivity contribution in [3.05, 3.63) is 29.6 Å². The largest absolute Gasteiger partial charge is 0.401 e. The van der Waals surface area contributed by atoms with Gasteiger partial charge in [-0.25, -0.2) is 4.39 Å². The molecule has 2 N–H and O–H groups in total. The van der Waals surface area contributed by atoms with Gasteiger partial charge < -0.3 is 10.6 Å². The van der Waals surface area contributed by atoms with Crippen molar-refractivity contribution in [1.82, 2.24) is 5.32 Å². The summed E-state index contributed by atoms with van der Waals surface area (Å²) in [6.07, 6.45) is -4.37. The molecule has 0 aliphatic carbocycles. The summed E-state index contributed by atoms with van der Waals surface area (Å²) in [4.78, 5) is 11.3. The molecule has 1 rings (SSSR count). The van der Waals surface area contributed by atoms with Gasteiger partial charge in [0.05, 0.1) is 13.1 Å². The van der Waals surface area contributed by atoms with Crippen LogP contribution in [0.25, 0.3) is 0 Å². The van der Waals surface area contributed by atoms with E-state index >= 15 is 0 Å². The fraction of sp³-hybridized carbons (Fsp3) is 0.364. The monoisotopic (exact) mass is 264 g/mol. The van der Waals surface area contributed by atoms with E-state index in [0.717, 1.165) is 6.07 Å². The van der Waals surface area contributed by atoms with Gasteiger partial charge in [-0.05, 0) is 24.6 Å². The van der Waals surface area contributed by atoms with Gasteiger partial charge in [-0.15, -0.1) is 0 Å². The molecule has 0 atom stereocenters. The first-order chi connectivity index (χ1) is 8.28. The summed E-state index contributed by atoms with van der Waals surface area (Å²) < 4.78 is 48.3. The van der Waals surface area contributed by atoms with Gasteiger partial charge in [0.15, 0.2) is 0 Å². The Kier molecular flexibility index (Phi) is 4.66. The maximum atomic E-state index is 12.9. The molecule has 0 fully saturated rings. The Labute approximate surface area is 101 Å². The van der Waals surface area contributed by atoms with Crippen molar-refractivity contribution in [3.63, 3.8) is 0 Å². The predicted molar refractivity (Wildman–Crippen MR) is 58.7 cm³/mol. The number of hydrogen-bond acceptors (Lipinski definition) is 2. The molecule has 0 aliphatic rings. The fourth-order valence-electron chi connectivity index (χ4n) is 1.24. The van der Waals surface area contributed by atoms with Crippen molar-refractivity contribution in [1.29, 1.82) is 0 Å². The lowest BCUT2D eigenvalue weighted by molar-refractivity contribution is -0.126. The van der Waals surface area contributed by atoms with Crippen LogP contribution in [-0.4, -0.2) is 25.2 Å². The van der Waals surface area contributed by atoms with Crippen LogP contribution in [0.3, 0.4) is 0 Å². The zero-order valence-corrected chi connectivity index (χ0v) is 9.57. The number of hydrogen-bond donors (Lipinski definition) is 2. The molecule has 0 radical (unpaired) electrons. The third kappa shape index (κ3) is 5.13. The van der Waals surface area contributed by atoms with Crippen molar-refractivity contribution < 1.29 is 22.4 Å². The molecule has 0 aliphatic heterocycles. The average molecular weight is 264 g/mol. The molecule has 0 unspecified atom stereocenters. The Bertz CT molecular complexity index is 432. The second-order valence-corrected chi connectivity index (χ2v) is 3.73. The molecule has 0 saturated carbocycles. The van der Waals surface area contributed by atoms with Gasteiger partial charge in [0.1, 0.15) is 5.82 Å². The molecule has 18 heavy (non-hydrogen) atoms. The first-order valence-corrected chi connectivity index (χ1v) is 5.11. The third-order valence-electron chi connectivity index (χ3n) is 2.08. The maximum absolute atomic E-state index is 12.9. The lowest BCUT2D eigenvalue weighted by Crippen LogP contribution is -2.35. The van der Waals surface area contributed by atoms with Gasteiger partial charge >= 0.3 is 6.18 Å². The number of aryl methyl sites for hydroxylation is 1. The Morgan fingerprint density at radius 2 is 2.00 bits per heavy atom. The Hall–Kier alpha value is -1.63. The highest BCUT2D eigenvalue weighted by molar-refractivity contribution is 5.92. The number of alkyl halides is 3. The van der Waals surface area contributed by atoms with E-state index in [0.29, 0.717) is 5.56 Å². The number of carbonyl (C=O) groups excluding carboxylic acids is 1. The summed E-state index contributed by atoms with van der Waals surface area (Å²) in [5.74, 6) is -1.19. The fourth-order valence-corrected chi connectivity index (χ4v) is 1.24. The summed E-state index contributed by atoms with van der Waals surface area (Å²) in [5, 5.41) is 4.28. The van der Waals surface area contributed by atoms with Crippen LogP contribution in [0, 0.1) is 12.7 Å². The molecular formula is C11H12F4N2O. The smallest absolute Gasteiger partial charge is 0.325 e. The van der Waals surface area contributed by atoms with Crippen LogP contribution in [0.2, 0.25) is 0 Å². The molecule has 0 bridgehead atoms. The number of nitrogens with one attached hydrogen (secondary N) is 2. The van der Waals surface area contributed by atoms with Crippen LogP contribution >= 0.6 is 0 Å². The first kappa shape index (κ1) is 14.4. The summed E-state index contributed by atoms with van der Waals surface area (Å²) in [5.41, 5.74) is 0.870. The average Bonchev–Trinajstić information content (AvgIpc) is 2.21. The number of benzene rings is 1. The van der Waals surface area contributed by atoms with Gasteiger partial charge in [0.25, 0.3) is 0 Å². The van der Waals surface area contributed by atoms with Gasteiger partial charge in [0, 0.05) is 5.69 Å². The van der Waals surface area contributed by atoms with E-state index in [1.807, 2.05) is 5.32 Å². The van der Waals surface area contributed by atoms with Crippen LogP contribution in [0.1, 0.15) is 5.56 Å². The van der Waals surface area contributed by atoms with Crippen molar-refractivity contribution in [2.24, 2.45) is 0 Å². The summed E-state index contributed by atoms with van der Waals surface area (Å²) in [6, 6.07) is 3.80. The van der Waals surface area contributed by atoms with Crippen molar-refractivity contribution in [3.8, 4) is 0 Å². The van der Waals surface area contributed by atoms with Gasteiger partial charge in [-0.2, -0.15) is 13.2 Å². The molecule has 1 aromatic rings. The maximum Gasteiger partial charge on any atom is 0.401 e. The molecule has 100 valence electrons. The zero-order valence-electron chi connectivity index (χ0n) is 9.57. The summed E-state index contributed by atoms with van der Waals surface area (Å²) in [7, 11) is 0. The Morgan fingerprint density at radius 1 is 1.33 bits per heavy atom. The molecule has 7 heteroatoms. The molecule has 3 nitrogen and oxygen atoms in total. The highest BCUT2D eigenvalue weighted by Crippen LogP contribution is 2.15. The minimum atomic E-state index is -4.37. The van der Waals surface area contributed by atoms with E-state index in [1.165, 1.54) is 12.1 Å². The molecule has 0 heterocycles. The van der Waals surface area contributed by atoms with Gasteiger partial charge in [0.2, 0.25) is 5.91 Å². The van der Waals surface area contributed by atoms with Gasteiger partial charge in [-0.3, -0.25) is 4.79 Å². The van der Waals surface area contributed by atoms with E-state index in [1.54, 1.807) is 6.92 Å². The minimum absolute atomic E-state index is 0.244. The van der Waals surface area contributed by atoms with E-state index < -0.39 is 31.0 Å². The number of amides is 1.